The van der Waals surface area contributed by atoms with E-state index >= 15 is 0 Å². The molecule has 0 saturated heterocycles. The van der Waals surface area contributed by atoms with E-state index in [-0.39, 0.29) is 24.0 Å². The maximum atomic E-state index is 4.29. The molecule has 0 aliphatic rings. The molecule has 23 heavy (non-hydrogen) atoms. The van der Waals surface area contributed by atoms with E-state index in [0.717, 1.165) is 31.2 Å². The number of hydrogen-bond acceptors (Lipinski definition) is 3. The van der Waals surface area contributed by atoms with E-state index in [1.165, 1.54) is 25.9 Å². The van der Waals surface area contributed by atoms with Crippen LogP contribution in [-0.2, 0) is 6.54 Å². The van der Waals surface area contributed by atoms with Gasteiger partial charge in [-0.2, -0.15) is 0 Å². The van der Waals surface area contributed by atoms with E-state index in [1.807, 2.05) is 24.4 Å². The maximum Gasteiger partial charge on any atom is 0.191 e. The minimum absolute atomic E-state index is 0. The van der Waals surface area contributed by atoms with Crippen LogP contribution in [0, 0.1) is 0 Å². The van der Waals surface area contributed by atoms with Gasteiger partial charge < -0.3 is 15.5 Å². The Morgan fingerprint density at radius 1 is 1.13 bits per heavy atom. The zero-order valence-electron chi connectivity index (χ0n) is 14.7. The van der Waals surface area contributed by atoms with Crippen molar-refractivity contribution in [3.8, 4) is 0 Å². The first-order valence-electron chi connectivity index (χ1n) is 8.36. The Labute approximate surface area is 158 Å². The van der Waals surface area contributed by atoms with Gasteiger partial charge in [-0.15, -0.1) is 24.0 Å². The monoisotopic (exact) mass is 433 g/mol. The van der Waals surface area contributed by atoms with Crippen LogP contribution in [0.25, 0.3) is 0 Å². The van der Waals surface area contributed by atoms with Crippen LogP contribution in [0.15, 0.2) is 29.4 Å². The molecule has 5 nitrogen and oxygen atoms in total. The van der Waals surface area contributed by atoms with Gasteiger partial charge in [0.1, 0.15) is 0 Å². The van der Waals surface area contributed by atoms with Gasteiger partial charge in [0.25, 0.3) is 0 Å². The Bertz CT molecular complexity index is 405. The smallest absolute Gasteiger partial charge is 0.191 e. The van der Waals surface area contributed by atoms with Crippen molar-refractivity contribution in [2.45, 2.75) is 39.7 Å². The second kappa shape index (κ2) is 14.7. The Morgan fingerprint density at radius 2 is 1.87 bits per heavy atom. The molecule has 6 heteroatoms. The quantitative estimate of drug-likeness (QED) is 0.258. The van der Waals surface area contributed by atoms with Crippen LogP contribution in [-0.4, -0.2) is 49.1 Å². The molecule has 0 aromatic carbocycles. The highest BCUT2D eigenvalue weighted by molar-refractivity contribution is 14.0. The molecule has 0 atom stereocenters. The van der Waals surface area contributed by atoms with Gasteiger partial charge in [-0.3, -0.25) is 9.98 Å². The van der Waals surface area contributed by atoms with Crippen LogP contribution in [0.5, 0.6) is 0 Å². The molecule has 1 aromatic heterocycles. The lowest BCUT2D eigenvalue weighted by atomic mass is 10.3. The second-order valence-electron chi connectivity index (χ2n) is 5.37. The van der Waals surface area contributed by atoms with E-state index < -0.39 is 0 Å². The number of nitrogens with one attached hydrogen (secondary N) is 2. The fraction of sp³-hybridized carbons (Fsp3) is 0.647. The number of nitrogens with zero attached hydrogens (tertiary/aromatic N) is 3. The van der Waals surface area contributed by atoms with Crippen LogP contribution in [0.3, 0.4) is 0 Å². The summed E-state index contributed by atoms with van der Waals surface area (Å²) in [5.41, 5.74) is 1.02. The fourth-order valence-electron chi connectivity index (χ4n) is 2.37. The topological polar surface area (TPSA) is 52.5 Å². The number of guanidine groups is 1. The highest BCUT2D eigenvalue weighted by Gasteiger charge is 2.03. The molecule has 1 heterocycles. The minimum Gasteiger partial charge on any atom is -0.356 e. The summed E-state index contributed by atoms with van der Waals surface area (Å²) in [6, 6.07) is 5.93. The number of hydrogen-bond donors (Lipinski definition) is 2. The fourth-order valence-corrected chi connectivity index (χ4v) is 2.37. The lowest BCUT2D eigenvalue weighted by Crippen LogP contribution is -2.38. The molecular formula is C17H32IN5. The first kappa shape index (κ1) is 22.1. The highest BCUT2D eigenvalue weighted by atomic mass is 127. The zero-order valence-corrected chi connectivity index (χ0v) is 17.0. The summed E-state index contributed by atoms with van der Waals surface area (Å²) in [7, 11) is 1.80. The Hall–Kier alpha value is -0.890. The number of aliphatic imine (C=N–C) groups is 1. The van der Waals surface area contributed by atoms with Crippen LogP contribution in [0.2, 0.25) is 0 Å². The molecule has 1 aromatic rings. The third kappa shape index (κ3) is 10.5. The Morgan fingerprint density at radius 3 is 2.43 bits per heavy atom. The van der Waals surface area contributed by atoms with Crippen molar-refractivity contribution in [1.82, 2.24) is 20.5 Å². The molecule has 0 spiro atoms. The van der Waals surface area contributed by atoms with Crippen molar-refractivity contribution in [1.29, 1.82) is 0 Å². The van der Waals surface area contributed by atoms with Crippen LogP contribution < -0.4 is 10.6 Å². The summed E-state index contributed by atoms with van der Waals surface area (Å²) < 4.78 is 0. The normalized spacial score (nSPS) is 11.2. The zero-order chi connectivity index (χ0) is 16.0. The SMILES string of the molecule is CCCN(CCC)CCCNC(=NC)NCc1ccccn1.I. The first-order valence-corrected chi connectivity index (χ1v) is 8.36. The number of halogens is 1. The van der Waals surface area contributed by atoms with Crippen molar-refractivity contribution in [2.24, 2.45) is 4.99 Å². The summed E-state index contributed by atoms with van der Waals surface area (Å²) in [5.74, 6) is 0.836. The van der Waals surface area contributed by atoms with Crippen molar-refractivity contribution in [3.63, 3.8) is 0 Å². The molecule has 0 fully saturated rings. The van der Waals surface area contributed by atoms with Crippen molar-refractivity contribution in [3.05, 3.63) is 30.1 Å². The average molecular weight is 433 g/mol. The highest BCUT2D eigenvalue weighted by Crippen LogP contribution is 1.96. The van der Waals surface area contributed by atoms with E-state index in [4.69, 9.17) is 0 Å². The predicted octanol–water partition coefficient (Wildman–Crippen LogP) is 2.88. The van der Waals surface area contributed by atoms with Gasteiger partial charge in [-0.05, 0) is 51.0 Å². The van der Waals surface area contributed by atoms with Gasteiger partial charge in [-0.1, -0.05) is 19.9 Å². The van der Waals surface area contributed by atoms with Gasteiger partial charge in [-0.25, -0.2) is 0 Å². The minimum atomic E-state index is 0. The molecule has 0 aliphatic carbocycles. The molecule has 0 aliphatic heterocycles. The molecule has 1 rings (SSSR count). The number of pyridine rings is 1. The number of rotatable bonds is 10. The third-order valence-corrected chi connectivity index (χ3v) is 3.41. The number of aromatic nitrogens is 1. The second-order valence-corrected chi connectivity index (χ2v) is 5.37. The Balaban J connectivity index is 0.00000484. The largest absolute Gasteiger partial charge is 0.356 e. The van der Waals surface area contributed by atoms with Gasteiger partial charge in [0.2, 0.25) is 0 Å². The van der Waals surface area contributed by atoms with Crippen molar-refractivity contribution < 1.29 is 0 Å². The lowest BCUT2D eigenvalue weighted by Gasteiger charge is -2.21. The summed E-state index contributed by atoms with van der Waals surface area (Å²) >= 11 is 0. The summed E-state index contributed by atoms with van der Waals surface area (Å²) in [5, 5.41) is 6.65. The van der Waals surface area contributed by atoms with Gasteiger partial charge in [0.05, 0.1) is 12.2 Å². The first-order chi connectivity index (χ1) is 10.8. The molecule has 0 radical (unpaired) electrons. The summed E-state index contributed by atoms with van der Waals surface area (Å²) in [4.78, 5) is 11.1. The van der Waals surface area contributed by atoms with Crippen LogP contribution in [0.4, 0.5) is 0 Å². The molecular weight excluding hydrogens is 401 g/mol. The van der Waals surface area contributed by atoms with Gasteiger partial charge >= 0.3 is 0 Å². The third-order valence-electron chi connectivity index (χ3n) is 3.41. The van der Waals surface area contributed by atoms with E-state index in [0.29, 0.717) is 6.54 Å². The maximum absolute atomic E-state index is 4.29. The molecule has 132 valence electrons. The standard InChI is InChI=1S/C17H31N5.HI/c1-4-12-22(13-5-2)14-8-11-20-17(18-3)21-15-16-9-6-7-10-19-16;/h6-7,9-10H,4-5,8,11-15H2,1-3H3,(H2,18,20,21);1H. The Kier molecular flexibility index (Phi) is 14.1. The van der Waals surface area contributed by atoms with E-state index in [2.05, 4.69) is 39.4 Å². The van der Waals surface area contributed by atoms with Crippen LogP contribution in [0.1, 0.15) is 38.8 Å². The van der Waals surface area contributed by atoms with E-state index in [1.54, 1.807) is 7.05 Å². The van der Waals surface area contributed by atoms with Crippen LogP contribution >= 0.6 is 24.0 Å². The molecule has 0 saturated carbocycles. The van der Waals surface area contributed by atoms with Crippen molar-refractivity contribution in [2.75, 3.05) is 33.2 Å². The summed E-state index contributed by atoms with van der Waals surface area (Å²) in [6.07, 6.45) is 5.38. The predicted molar refractivity (Wildman–Crippen MR) is 109 cm³/mol. The molecule has 0 bridgehead atoms. The summed E-state index contributed by atoms with van der Waals surface area (Å²) in [6.45, 7) is 9.64. The molecule has 0 unspecified atom stereocenters. The molecule has 0 amide bonds. The average Bonchev–Trinajstić information content (AvgIpc) is 2.55. The van der Waals surface area contributed by atoms with Gasteiger partial charge in [0.15, 0.2) is 5.96 Å². The van der Waals surface area contributed by atoms with Crippen molar-refractivity contribution >= 4 is 29.9 Å². The lowest BCUT2D eigenvalue weighted by molar-refractivity contribution is 0.271. The van der Waals surface area contributed by atoms with Gasteiger partial charge in [0, 0.05) is 19.8 Å². The van der Waals surface area contributed by atoms with E-state index in [9.17, 15) is 0 Å². The molecule has 2 N–H and O–H groups in total.